The second-order valence-corrected chi connectivity index (χ2v) is 5.12. The van der Waals surface area contributed by atoms with Gasteiger partial charge < -0.3 is 20.1 Å². The number of nitrogens with one attached hydrogen (secondary N) is 2. The molecule has 0 saturated carbocycles. The Morgan fingerprint density at radius 2 is 1.75 bits per heavy atom. The van der Waals surface area contributed by atoms with Gasteiger partial charge in [0.05, 0.1) is 26.9 Å². The molecule has 0 spiro atoms. The third kappa shape index (κ3) is 6.58. The molecule has 0 aliphatic carbocycles. The van der Waals surface area contributed by atoms with E-state index in [0.717, 1.165) is 22.6 Å². The Bertz CT molecular complexity index is 632. The summed E-state index contributed by atoms with van der Waals surface area (Å²) in [4.78, 5) is 11.6. The molecule has 0 atom stereocenters. The Morgan fingerprint density at radius 3 is 2.42 bits per heavy atom. The van der Waals surface area contributed by atoms with Gasteiger partial charge in [-0.05, 0) is 42.4 Å². The van der Waals surface area contributed by atoms with Crippen LogP contribution in [0.3, 0.4) is 0 Å². The molecule has 1 amide bonds. The van der Waals surface area contributed by atoms with Crippen LogP contribution >= 0.6 is 12.4 Å². The monoisotopic (exact) mass is 350 g/mol. The fraction of sp³-hybridized carbons (Fsp3) is 0.278. The molecule has 0 aliphatic heterocycles. The minimum absolute atomic E-state index is 0. The second kappa shape index (κ2) is 10.6. The van der Waals surface area contributed by atoms with Crippen molar-refractivity contribution in [2.45, 2.75) is 13.2 Å². The number of methoxy groups -OCH3 is 1. The third-order valence-electron chi connectivity index (χ3n) is 3.24. The summed E-state index contributed by atoms with van der Waals surface area (Å²) in [6.07, 6.45) is 0. The number of ether oxygens (including phenoxy) is 2. The van der Waals surface area contributed by atoms with E-state index in [1.54, 1.807) is 14.2 Å². The minimum atomic E-state index is -0.0659. The van der Waals surface area contributed by atoms with Gasteiger partial charge in [-0.3, -0.25) is 4.79 Å². The van der Waals surface area contributed by atoms with Gasteiger partial charge >= 0.3 is 0 Å². The summed E-state index contributed by atoms with van der Waals surface area (Å²) >= 11 is 0. The predicted molar refractivity (Wildman–Crippen MR) is 97.7 cm³/mol. The highest BCUT2D eigenvalue weighted by molar-refractivity contribution is 5.92. The van der Waals surface area contributed by atoms with Crippen molar-refractivity contribution in [3.8, 4) is 5.75 Å². The number of amides is 1. The largest absolute Gasteiger partial charge is 0.497 e. The fourth-order valence-electron chi connectivity index (χ4n) is 2.11. The lowest BCUT2D eigenvalue weighted by Crippen LogP contribution is -2.25. The standard InChI is InChI=1S/C18H22N2O3.ClH/c1-19-11-18(21)20-16-5-3-4-15(10-16)13-23-12-14-6-8-17(22-2)9-7-14;/h3-10,19H,11-13H2,1-2H3,(H,20,21);1H. The Morgan fingerprint density at radius 1 is 1.04 bits per heavy atom. The maximum Gasteiger partial charge on any atom is 0.238 e. The van der Waals surface area contributed by atoms with E-state index in [9.17, 15) is 4.79 Å². The van der Waals surface area contributed by atoms with Gasteiger partial charge in [-0.15, -0.1) is 12.4 Å². The maximum absolute atomic E-state index is 11.6. The van der Waals surface area contributed by atoms with Crippen LogP contribution in [0, 0.1) is 0 Å². The van der Waals surface area contributed by atoms with Crippen molar-refractivity contribution in [3.63, 3.8) is 0 Å². The lowest BCUT2D eigenvalue weighted by atomic mass is 10.2. The summed E-state index contributed by atoms with van der Waals surface area (Å²) in [5, 5.41) is 5.65. The van der Waals surface area contributed by atoms with E-state index in [1.165, 1.54) is 0 Å². The molecule has 0 bridgehead atoms. The van der Waals surface area contributed by atoms with Crippen LogP contribution in [0.15, 0.2) is 48.5 Å². The van der Waals surface area contributed by atoms with E-state index in [0.29, 0.717) is 13.2 Å². The average Bonchev–Trinajstić information content (AvgIpc) is 2.56. The molecule has 0 aliphatic rings. The van der Waals surface area contributed by atoms with Crippen molar-refractivity contribution in [1.82, 2.24) is 5.32 Å². The van der Waals surface area contributed by atoms with Crippen LogP contribution in [0.2, 0.25) is 0 Å². The first kappa shape index (κ1) is 20.0. The zero-order chi connectivity index (χ0) is 16.5. The van der Waals surface area contributed by atoms with Crippen LogP contribution in [-0.4, -0.2) is 26.6 Å². The van der Waals surface area contributed by atoms with Crippen LogP contribution < -0.4 is 15.4 Å². The predicted octanol–water partition coefficient (Wildman–Crippen LogP) is 2.99. The zero-order valence-corrected chi connectivity index (χ0v) is 14.7. The molecular weight excluding hydrogens is 328 g/mol. The molecule has 0 heterocycles. The SMILES string of the molecule is CNCC(=O)Nc1cccc(COCc2ccc(OC)cc2)c1.Cl. The van der Waals surface area contributed by atoms with Gasteiger partial charge in [-0.25, -0.2) is 0 Å². The molecule has 24 heavy (non-hydrogen) atoms. The Balaban J connectivity index is 0.00000288. The van der Waals surface area contributed by atoms with Gasteiger partial charge in [0.1, 0.15) is 5.75 Å². The lowest BCUT2D eigenvalue weighted by Gasteiger charge is -2.08. The number of benzene rings is 2. The van der Waals surface area contributed by atoms with E-state index in [1.807, 2.05) is 48.5 Å². The average molecular weight is 351 g/mol. The van der Waals surface area contributed by atoms with Crippen LogP contribution in [0.4, 0.5) is 5.69 Å². The van der Waals surface area contributed by atoms with Crippen LogP contribution in [0.1, 0.15) is 11.1 Å². The molecule has 5 nitrogen and oxygen atoms in total. The molecule has 2 N–H and O–H groups in total. The summed E-state index contributed by atoms with van der Waals surface area (Å²) in [5.41, 5.74) is 2.88. The molecule has 0 radical (unpaired) electrons. The number of anilines is 1. The third-order valence-corrected chi connectivity index (χ3v) is 3.24. The molecule has 2 rings (SSSR count). The maximum atomic E-state index is 11.6. The van der Waals surface area contributed by atoms with Gasteiger partial charge in [0, 0.05) is 5.69 Å². The normalized spacial score (nSPS) is 9.92. The second-order valence-electron chi connectivity index (χ2n) is 5.12. The van der Waals surface area contributed by atoms with Crippen LogP contribution in [0.25, 0.3) is 0 Å². The number of carbonyl (C=O) groups is 1. The first-order valence-corrected chi connectivity index (χ1v) is 7.45. The molecular formula is C18H23ClN2O3. The molecule has 2 aromatic rings. The smallest absolute Gasteiger partial charge is 0.238 e. The van der Waals surface area contributed by atoms with E-state index in [-0.39, 0.29) is 24.9 Å². The van der Waals surface area contributed by atoms with Crippen molar-refractivity contribution in [1.29, 1.82) is 0 Å². The van der Waals surface area contributed by atoms with Crippen molar-refractivity contribution in [2.24, 2.45) is 0 Å². The quantitative estimate of drug-likeness (QED) is 0.768. The minimum Gasteiger partial charge on any atom is -0.497 e. The highest BCUT2D eigenvalue weighted by Crippen LogP contribution is 2.14. The van der Waals surface area contributed by atoms with Gasteiger partial charge in [-0.1, -0.05) is 24.3 Å². The fourth-order valence-corrected chi connectivity index (χ4v) is 2.11. The summed E-state index contributed by atoms with van der Waals surface area (Å²) < 4.78 is 10.8. The first-order chi connectivity index (χ1) is 11.2. The molecule has 0 saturated heterocycles. The molecule has 0 aromatic heterocycles. The van der Waals surface area contributed by atoms with E-state index < -0.39 is 0 Å². The van der Waals surface area contributed by atoms with Gasteiger partial charge in [0.25, 0.3) is 0 Å². The number of rotatable bonds is 8. The number of carbonyl (C=O) groups excluding carboxylic acids is 1. The highest BCUT2D eigenvalue weighted by atomic mass is 35.5. The zero-order valence-electron chi connectivity index (χ0n) is 13.9. The number of hydrogen-bond donors (Lipinski definition) is 2. The molecule has 0 fully saturated rings. The van der Waals surface area contributed by atoms with Crippen molar-refractivity contribution in [3.05, 3.63) is 59.7 Å². The summed E-state index contributed by atoms with van der Waals surface area (Å²) in [6, 6.07) is 15.4. The first-order valence-electron chi connectivity index (χ1n) is 7.45. The summed E-state index contributed by atoms with van der Waals surface area (Å²) in [5.74, 6) is 0.766. The van der Waals surface area contributed by atoms with Gasteiger partial charge in [0.15, 0.2) is 0 Å². The Labute approximate surface area is 148 Å². The van der Waals surface area contributed by atoms with Crippen molar-refractivity contribution >= 4 is 24.0 Å². The molecule has 130 valence electrons. The number of hydrogen-bond acceptors (Lipinski definition) is 4. The topological polar surface area (TPSA) is 59.6 Å². The van der Waals surface area contributed by atoms with Gasteiger partial charge in [-0.2, -0.15) is 0 Å². The van der Waals surface area contributed by atoms with Gasteiger partial charge in [0.2, 0.25) is 5.91 Å². The summed E-state index contributed by atoms with van der Waals surface area (Å²) in [7, 11) is 3.39. The van der Waals surface area contributed by atoms with Crippen molar-refractivity contribution < 1.29 is 14.3 Å². The van der Waals surface area contributed by atoms with Crippen molar-refractivity contribution in [2.75, 3.05) is 26.0 Å². The molecule has 6 heteroatoms. The van der Waals surface area contributed by atoms with Crippen LogP contribution in [0.5, 0.6) is 5.75 Å². The van der Waals surface area contributed by atoms with E-state index >= 15 is 0 Å². The Kier molecular flexibility index (Phi) is 8.86. The lowest BCUT2D eigenvalue weighted by molar-refractivity contribution is -0.115. The highest BCUT2D eigenvalue weighted by Gasteiger charge is 2.02. The molecule has 0 unspecified atom stereocenters. The Hall–Kier alpha value is -2.08. The number of likely N-dealkylation sites (N-methyl/N-ethyl adjacent to an activating group) is 1. The summed E-state index contributed by atoms with van der Waals surface area (Å²) in [6.45, 7) is 1.31. The van der Waals surface area contributed by atoms with Crippen LogP contribution in [-0.2, 0) is 22.7 Å². The number of halogens is 1. The van der Waals surface area contributed by atoms with E-state index in [2.05, 4.69) is 10.6 Å². The molecule has 2 aromatic carbocycles. The van der Waals surface area contributed by atoms with E-state index in [4.69, 9.17) is 9.47 Å².